The van der Waals surface area contributed by atoms with Crippen molar-refractivity contribution in [3.05, 3.63) is 36.9 Å². The molecular formula is C9H6F3O3. The standard InChI is InChI=1S/C9H6F3O3/c10-9(11,12)6-14-8(13)15-7-4-2-1-3-5-7/h1-6H. The molecule has 0 saturated heterocycles. The van der Waals surface area contributed by atoms with Crippen molar-refractivity contribution in [3.63, 3.8) is 0 Å². The van der Waals surface area contributed by atoms with E-state index >= 15 is 0 Å². The van der Waals surface area contributed by atoms with Gasteiger partial charge in [0.25, 0.3) is 0 Å². The van der Waals surface area contributed by atoms with Crippen molar-refractivity contribution in [2.75, 3.05) is 0 Å². The maximum absolute atomic E-state index is 11.6. The van der Waals surface area contributed by atoms with Crippen LogP contribution in [0.5, 0.6) is 5.75 Å². The van der Waals surface area contributed by atoms with Gasteiger partial charge in [0.15, 0.2) is 0 Å². The largest absolute Gasteiger partial charge is 0.514 e. The van der Waals surface area contributed by atoms with Crippen LogP contribution in [0.2, 0.25) is 0 Å². The van der Waals surface area contributed by atoms with E-state index in [0.717, 1.165) is 0 Å². The van der Waals surface area contributed by atoms with Crippen molar-refractivity contribution in [1.82, 2.24) is 0 Å². The van der Waals surface area contributed by atoms with Gasteiger partial charge in [0.1, 0.15) is 5.75 Å². The van der Waals surface area contributed by atoms with Crippen molar-refractivity contribution in [2.45, 2.75) is 6.18 Å². The maximum atomic E-state index is 11.6. The Kier molecular flexibility index (Phi) is 3.54. The van der Waals surface area contributed by atoms with Crippen LogP contribution < -0.4 is 4.74 Å². The van der Waals surface area contributed by atoms with Crippen molar-refractivity contribution < 1.29 is 27.4 Å². The molecule has 0 aromatic heterocycles. The predicted molar refractivity (Wildman–Crippen MR) is 43.9 cm³/mol. The van der Waals surface area contributed by atoms with Crippen molar-refractivity contribution in [2.24, 2.45) is 0 Å². The highest BCUT2D eigenvalue weighted by atomic mass is 19.4. The average Bonchev–Trinajstić information content (AvgIpc) is 2.15. The van der Waals surface area contributed by atoms with Crippen molar-refractivity contribution in [3.8, 4) is 5.75 Å². The van der Waals surface area contributed by atoms with Gasteiger partial charge in [-0.2, -0.15) is 13.2 Å². The molecule has 0 aliphatic carbocycles. The molecule has 1 aromatic carbocycles. The number of alkyl halides is 3. The molecule has 0 heterocycles. The van der Waals surface area contributed by atoms with E-state index in [1.54, 1.807) is 18.2 Å². The first-order valence-corrected chi connectivity index (χ1v) is 3.82. The number of halogens is 3. The Morgan fingerprint density at radius 3 is 2.33 bits per heavy atom. The number of hydrogen-bond donors (Lipinski definition) is 0. The predicted octanol–water partition coefficient (Wildman–Crippen LogP) is 2.93. The molecule has 0 aliphatic heterocycles. The number of carbonyl (C=O) groups is 1. The first kappa shape index (κ1) is 11.4. The lowest BCUT2D eigenvalue weighted by atomic mass is 10.3. The van der Waals surface area contributed by atoms with Crippen molar-refractivity contribution in [1.29, 1.82) is 0 Å². The summed E-state index contributed by atoms with van der Waals surface area (Å²) in [5.41, 5.74) is 0. The second kappa shape index (κ2) is 4.68. The fourth-order valence-electron chi connectivity index (χ4n) is 0.724. The molecule has 0 amide bonds. The minimum atomic E-state index is -4.67. The van der Waals surface area contributed by atoms with Gasteiger partial charge in [-0.05, 0) is 12.1 Å². The lowest BCUT2D eigenvalue weighted by Crippen LogP contribution is -2.17. The Hall–Kier alpha value is -1.72. The summed E-state index contributed by atoms with van der Waals surface area (Å²) in [5.74, 6) is 0.109. The van der Waals surface area contributed by atoms with Gasteiger partial charge < -0.3 is 9.47 Å². The van der Waals surface area contributed by atoms with E-state index in [4.69, 9.17) is 0 Å². The third-order valence-electron chi connectivity index (χ3n) is 1.23. The highest BCUT2D eigenvalue weighted by Crippen LogP contribution is 2.19. The topological polar surface area (TPSA) is 35.5 Å². The van der Waals surface area contributed by atoms with Gasteiger partial charge >= 0.3 is 12.3 Å². The normalized spacial score (nSPS) is 10.9. The van der Waals surface area contributed by atoms with Gasteiger partial charge in [-0.1, -0.05) is 18.2 Å². The molecule has 0 saturated carbocycles. The zero-order valence-electron chi connectivity index (χ0n) is 7.32. The van der Waals surface area contributed by atoms with Gasteiger partial charge in [0.05, 0.1) is 0 Å². The lowest BCUT2D eigenvalue weighted by Gasteiger charge is -2.06. The molecule has 6 heteroatoms. The number of ether oxygens (including phenoxy) is 2. The van der Waals surface area contributed by atoms with Gasteiger partial charge in [0, 0.05) is 0 Å². The molecule has 1 aromatic rings. The lowest BCUT2D eigenvalue weighted by molar-refractivity contribution is -0.130. The molecular weight excluding hydrogens is 213 g/mol. The molecule has 1 radical (unpaired) electrons. The Labute approximate surface area is 83.4 Å². The molecule has 3 nitrogen and oxygen atoms in total. The number of para-hydroxylation sites is 1. The molecule has 0 N–H and O–H groups in total. The summed E-state index contributed by atoms with van der Waals surface area (Å²) in [6.07, 6.45) is -6.10. The Morgan fingerprint density at radius 2 is 1.80 bits per heavy atom. The van der Waals surface area contributed by atoms with Crippen LogP contribution in [-0.2, 0) is 4.74 Å². The zero-order valence-corrected chi connectivity index (χ0v) is 7.32. The summed E-state index contributed by atoms with van der Waals surface area (Å²) in [7, 11) is 0. The Bertz CT molecular complexity index is 321. The van der Waals surface area contributed by atoms with Crippen LogP contribution >= 0.6 is 0 Å². The van der Waals surface area contributed by atoms with Crippen LogP contribution in [0.25, 0.3) is 0 Å². The van der Waals surface area contributed by atoms with E-state index in [1.165, 1.54) is 12.1 Å². The third-order valence-corrected chi connectivity index (χ3v) is 1.23. The second-order valence-corrected chi connectivity index (χ2v) is 2.44. The molecule has 81 valence electrons. The van der Waals surface area contributed by atoms with Crippen molar-refractivity contribution >= 4 is 6.16 Å². The first-order valence-electron chi connectivity index (χ1n) is 3.82. The van der Waals surface area contributed by atoms with Crippen LogP contribution in [0.3, 0.4) is 0 Å². The number of carbonyl (C=O) groups excluding carboxylic acids is 1. The highest BCUT2D eigenvalue weighted by molar-refractivity contribution is 5.64. The fraction of sp³-hybridized carbons (Fsp3) is 0.111. The van der Waals surface area contributed by atoms with Crippen LogP contribution in [0.4, 0.5) is 18.0 Å². The van der Waals surface area contributed by atoms with E-state index in [9.17, 15) is 18.0 Å². The zero-order chi connectivity index (χ0) is 11.3. The summed E-state index contributed by atoms with van der Waals surface area (Å²) in [6, 6.07) is 7.62. The first-order chi connectivity index (χ1) is 6.97. The second-order valence-electron chi connectivity index (χ2n) is 2.44. The minimum Gasteiger partial charge on any atom is -0.417 e. The quantitative estimate of drug-likeness (QED) is 0.566. The molecule has 0 aliphatic rings. The van der Waals surface area contributed by atoms with Gasteiger partial charge in [-0.15, -0.1) is 0 Å². The minimum absolute atomic E-state index is 0.109. The number of hydrogen-bond acceptors (Lipinski definition) is 3. The summed E-state index contributed by atoms with van der Waals surface area (Å²) in [4.78, 5) is 10.7. The monoisotopic (exact) mass is 219 g/mol. The van der Waals surface area contributed by atoms with Gasteiger partial charge in [0.2, 0.25) is 6.61 Å². The smallest absolute Gasteiger partial charge is 0.417 e. The molecule has 0 spiro atoms. The highest BCUT2D eigenvalue weighted by Gasteiger charge is 2.31. The summed E-state index contributed by atoms with van der Waals surface area (Å²) in [6.45, 7) is -0.543. The summed E-state index contributed by atoms with van der Waals surface area (Å²) < 4.78 is 42.8. The number of benzene rings is 1. The molecule has 1 rings (SSSR count). The SMILES string of the molecule is O=C(O[CH]C(F)(F)F)Oc1ccccc1. The molecule has 0 unspecified atom stereocenters. The van der Waals surface area contributed by atoms with Crippen LogP contribution in [0.15, 0.2) is 30.3 Å². The van der Waals surface area contributed by atoms with E-state index in [1.807, 2.05) is 0 Å². The summed E-state index contributed by atoms with van der Waals surface area (Å²) >= 11 is 0. The molecule has 0 bridgehead atoms. The van der Waals surface area contributed by atoms with E-state index in [2.05, 4.69) is 9.47 Å². The third kappa shape index (κ3) is 4.90. The Morgan fingerprint density at radius 1 is 1.20 bits per heavy atom. The van der Waals surface area contributed by atoms with E-state index < -0.39 is 18.9 Å². The van der Waals surface area contributed by atoms with Crippen LogP contribution in [0, 0.1) is 6.61 Å². The average molecular weight is 219 g/mol. The number of rotatable bonds is 2. The van der Waals surface area contributed by atoms with E-state index in [-0.39, 0.29) is 5.75 Å². The van der Waals surface area contributed by atoms with Gasteiger partial charge in [-0.3, -0.25) is 0 Å². The Balaban J connectivity index is 2.38. The molecule has 15 heavy (non-hydrogen) atoms. The van der Waals surface area contributed by atoms with Crippen LogP contribution in [-0.4, -0.2) is 12.3 Å². The molecule has 0 atom stereocenters. The maximum Gasteiger partial charge on any atom is 0.514 e. The van der Waals surface area contributed by atoms with Gasteiger partial charge in [-0.25, -0.2) is 4.79 Å². The fourth-order valence-corrected chi connectivity index (χ4v) is 0.724. The van der Waals surface area contributed by atoms with E-state index in [0.29, 0.717) is 0 Å². The molecule has 0 fully saturated rings. The summed E-state index contributed by atoms with van der Waals surface area (Å²) in [5, 5.41) is 0. The van der Waals surface area contributed by atoms with Crippen LogP contribution in [0.1, 0.15) is 0 Å².